The van der Waals surface area contributed by atoms with E-state index >= 15 is 0 Å². The van der Waals surface area contributed by atoms with Gasteiger partial charge < -0.3 is 19.5 Å². The summed E-state index contributed by atoms with van der Waals surface area (Å²) in [5.41, 5.74) is 0.0927. The van der Waals surface area contributed by atoms with Crippen LogP contribution < -0.4 is 14.8 Å². The van der Waals surface area contributed by atoms with E-state index in [-0.39, 0.29) is 12.3 Å². The molecule has 2 aromatic rings. The summed E-state index contributed by atoms with van der Waals surface area (Å²) in [6.45, 7) is 1.76. The van der Waals surface area contributed by atoms with E-state index in [1.807, 2.05) is 0 Å². The van der Waals surface area contributed by atoms with Crippen LogP contribution in [0.25, 0.3) is 0 Å². The van der Waals surface area contributed by atoms with Gasteiger partial charge in [0.25, 0.3) is 5.91 Å². The van der Waals surface area contributed by atoms with E-state index in [0.29, 0.717) is 17.1 Å². The minimum absolute atomic E-state index is 0.0300. The number of methoxy groups -OCH3 is 3. The lowest BCUT2D eigenvalue weighted by atomic mass is 9.88. The Morgan fingerprint density at radius 1 is 1.08 bits per heavy atom. The Morgan fingerprint density at radius 3 is 2.35 bits per heavy atom. The van der Waals surface area contributed by atoms with Crippen molar-refractivity contribution in [3.05, 3.63) is 53.9 Å². The molecule has 0 saturated carbocycles. The molecule has 2 rings (SSSR count). The van der Waals surface area contributed by atoms with Crippen LogP contribution >= 0.6 is 0 Å². The van der Waals surface area contributed by atoms with Gasteiger partial charge >= 0.3 is 5.97 Å². The molecule has 1 heterocycles. The van der Waals surface area contributed by atoms with Crippen LogP contribution in [0.2, 0.25) is 0 Å². The van der Waals surface area contributed by atoms with Crippen molar-refractivity contribution >= 4 is 11.9 Å². The number of ether oxygens (including phenoxy) is 3. The molecule has 1 N–H and O–H groups in total. The molecule has 7 heteroatoms. The minimum Gasteiger partial charge on any atom is -0.497 e. The number of hydrogen-bond donors (Lipinski definition) is 1. The molecule has 0 aliphatic carbocycles. The molecule has 26 heavy (non-hydrogen) atoms. The Kier molecular flexibility index (Phi) is 6.16. The van der Waals surface area contributed by atoms with Gasteiger partial charge in [0.05, 0.1) is 38.9 Å². The highest BCUT2D eigenvalue weighted by atomic mass is 16.5. The summed E-state index contributed by atoms with van der Waals surface area (Å²) < 4.78 is 15.2. The largest absolute Gasteiger partial charge is 0.497 e. The highest BCUT2D eigenvalue weighted by Crippen LogP contribution is 2.28. The number of carbonyl (C=O) groups excluding carboxylic acids is 2. The average Bonchev–Trinajstić information content (AvgIpc) is 2.67. The number of amides is 1. The molecule has 0 radical (unpaired) electrons. The third kappa shape index (κ3) is 4.30. The SMILES string of the molecule is COC(=O)CC(C)(NC(=O)c1ccc(OC)cc1OC)c1ccncc1. The molecule has 1 unspecified atom stereocenters. The summed E-state index contributed by atoms with van der Waals surface area (Å²) in [4.78, 5) is 28.8. The number of rotatable bonds is 7. The highest BCUT2D eigenvalue weighted by molar-refractivity contribution is 5.98. The van der Waals surface area contributed by atoms with Gasteiger partial charge in [-0.3, -0.25) is 14.6 Å². The van der Waals surface area contributed by atoms with Crippen LogP contribution in [0.5, 0.6) is 11.5 Å². The minimum atomic E-state index is -0.974. The summed E-state index contributed by atoms with van der Waals surface area (Å²) in [6.07, 6.45) is 3.17. The number of hydrogen-bond acceptors (Lipinski definition) is 6. The summed E-state index contributed by atoms with van der Waals surface area (Å²) in [6, 6.07) is 8.39. The second-order valence-corrected chi connectivity index (χ2v) is 5.84. The van der Waals surface area contributed by atoms with Crippen LogP contribution in [0.3, 0.4) is 0 Å². The van der Waals surface area contributed by atoms with Gasteiger partial charge in [-0.15, -0.1) is 0 Å². The maximum Gasteiger partial charge on any atom is 0.308 e. The normalized spacial score (nSPS) is 12.6. The van der Waals surface area contributed by atoms with E-state index in [4.69, 9.17) is 14.2 Å². The van der Waals surface area contributed by atoms with Crippen molar-refractivity contribution in [3.63, 3.8) is 0 Å². The van der Waals surface area contributed by atoms with Gasteiger partial charge in [-0.2, -0.15) is 0 Å². The zero-order chi connectivity index (χ0) is 19.2. The van der Waals surface area contributed by atoms with Crippen molar-refractivity contribution in [2.45, 2.75) is 18.9 Å². The van der Waals surface area contributed by atoms with E-state index in [1.54, 1.807) is 49.6 Å². The maximum absolute atomic E-state index is 12.9. The molecule has 0 aliphatic heterocycles. The van der Waals surface area contributed by atoms with E-state index in [9.17, 15) is 9.59 Å². The summed E-state index contributed by atoms with van der Waals surface area (Å²) in [5.74, 6) is 0.126. The first kappa shape index (κ1) is 19.2. The molecule has 1 amide bonds. The first-order valence-corrected chi connectivity index (χ1v) is 7.95. The first-order valence-electron chi connectivity index (χ1n) is 7.95. The van der Waals surface area contributed by atoms with Crippen LogP contribution in [-0.2, 0) is 15.1 Å². The van der Waals surface area contributed by atoms with Gasteiger partial charge in [-0.05, 0) is 36.8 Å². The predicted octanol–water partition coefficient (Wildman–Crippen LogP) is 2.31. The van der Waals surface area contributed by atoms with Crippen LogP contribution in [0.15, 0.2) is 42.7 Å². The van der Waals surface area contributed by atoms with Gasteiger partial charge in [0, 0.05) is 18.5 Å². The van der Waals surface area contributed by atoms with Crippen LogP contribution in [0.1, 0.15) is 29.3 Å². The van der Waals surface area contributed by atoms with Crippen LogP contribution in [0.4, 0.5) is 0 Å². The Balaban J connectivity index is 2.36. The Labute approximate surface area is 152 Å². The fourth-order valence-corrected chi connectivity index (χ4v) is 2.60. The topological polar surface area (TPSA) is 86.8 Å². The van der Waals surface area contributed by atoms with Gasteiger partial charge in [0.2, 0.25) is 0 Å². The molecule has 0 bridgehead atoms. The van der Waals surface area contributed by atoms with E-state index < -0.39 is 11.5 Å². The molecule has 1 atom stereocenters. The molecule has 0 spiro atoms. The molecule has 0 aliphatic rings. The van der Waals surface area contributed by atoms with Crippen molar-refractivity contribution in [2.24, 2.45) is 0 Å². The van der Waals surface area contributed by atoms with E-state index in [0.717, 1.165) is 5.56 Å². The van der Waals surface area contributed by atoms with Crippen molar-refractivity contribution in [1.82, 2.24) is 10.3 Å². The number of esters is 1. The van der Waals surface area contributed by atoms with Crippen molar-refractivity contribution in [3.8, 4) is 11.5 Å². The lowest BCUT2D eigenvalue weighted by molar-refractivity contribution is -0.142. The molecule has 0 fully saturated rings. The molecule has 138 valence electrons. The second kappa shape index (κ2) is 8.33. The number of pyridine rings is 1. The average molecular weight is 358 g/mol. The Hall–Kier alpha value is -3.09. The van der Waals surface area contributed by atoms with Crippen LogP contribution in [0, 0.1) is 0 Å². The first-order chi connectivity index (χ1) is 12.4. The monoisotopic (exact) mass is 358 g/mol. The fraction of sp³-hybridized carbons (Fsp3) is 0.316. The zero-order valence-corrected chi connectivity index (χ0v) is 15.2. The quantitative estimate of drug-likeness (QED) is 0.765. The lowest BCUT2D eigenvalue weighted by Gasteiger charge is -2.30. The third-order valence-electron chi connectivity index (χ3n) is 4.09. The smallest absolute Gasteiger partial charge is 0.308 e. The number of aromatic nitrogens is 1. The molecule has 0 saturated heterocycles. The predicted molar refractivity (Wildman–Crippen MR) is 95.2 cm³/mol. The van der Waals surface area contributed by atoms with Crippen LogP contribution in [-0.4, -0.2) is 38.2 Å². The number of carbonyl (C=O) groups is 2. The standard InChI is InChI=1S/C19H22N2O5/c1-19(12-17(22)26-4,13-7-9-20-10-8-13)21-18(23)15-6-5-14(24-2)11-16(15)25-3/h5-11H,12H2,1-4H3,(H,21,23). The zero-order valence-electron chi connectivity index (χ0n) is 15.2. The highest BCUT2D eigenvalue weighted by Gasteiger charge is 2.33. The van der Waals surface area contributed by atoms with Crippen molar-refractivity contribution < 1.29 is 23.8 Å². The molecule has 1 aromatic carbocycles. The lowest BCUT2D eigenvalue weighted by Crippen LogP contribution is -2.45. The number of nitrogens with one attached hydrogen (secondary N) is 1. The molecule has 7 nitrogen and oxygen atoms in total. The second-order valence-electron chi connectivity index (χ2n) is 5.84. The van der Waals surface area contributed by atoms with Gasteiger partial charge in [-0.1, -0.05) is 0 Å². The van der Waals surface area contributed by atoms with Crippen molar-refractivity contribution in [1.29, 1.82) is 0 Å². The van der Waals surface area contributed by atoms with E-state index in [2.05, 4.69) is 10.3 Å². The Bertz CT molecular complexity index is 779. The fourth-order valence-electron chi connectivity index (χ4n) is 2.60. The van der Waals surface area contributed by atoms with Crippen molar-refractivity contribution in [2.75, 3.05) is 21.3 Å². The molecule has 1 aromatic heterocycles. The Morgan fingerprint density at radius 2 is 1.77 bits per heavy atom. The maximum atomic E-state index is 12.9. The molecular weight excluding hydrogens is 336 g/mol. The summed E-state index contributed by atoms with van der Waals surface area (Å²) >= 11 is 0. The van der Waals surface area contributed by atoms with Gasteiger partial charge in [-0.25, -0.2) is 0 Å². The number of benzene rings is 1. The third-order valence-corrected chi connectivity index (χ3v) is 4.09. The molecular formula is C19H22N2O5. The summed E-state index contributed by atoms with van der Waals surface area (Å²) in [7, 11) is 4.32. The summed E-state index contributed by atoms with van der Waals surface area (Å²) in [5, 5.41) is 2.92. The van der Waals surface area contributed by atoms with Gasteiger partial charge in [0.1, 0.15) is 11.5 Å². The van der Waals surface area contributed by atoms with Gasteiger partial charge in [0.15, 0.2) is 0 Å². The number of nitrogens with zero attached hydrogens (tertiary/aromatic N) is 1. The van der Waals surface area contributed by atoms with E-state index in [1.165, 1.54) is 21.3 Å².